The van der Waals surface area contributed by atoms with Gasteiger partial charge in [0.2, 0.25) is 0 Å². The summed E-state index contributed by atoms with van der Waals surface area (Å²) in [5.74, 6) is 0.664. The zero-order valence-corrected chi connectivity index (χ0v) is 11.4. The second-order valence-electron chi connectivity index (χ2n) is 5.67. The van der Waals surface area contributed by atoms with Crippen LogP contribution in [0.25, 0.3) is 0 Å². The van der Waals surface area contributed by atoms with Gasteiger partial charge in [0.15, 0.2) is 0 Å². The average Bonchev–Trinajstić information content (AvgIpc) is 2.70. The monoisotopic (exact) mass is 235 g/mol. The van der Waals surface area contributed by atoms with Crippen molar-refractivity contribution >= 4 is 0 Å². The number of aryl methyl sites for hydroxylation is 1. The predicted molar refractivity (Wildman–Crippen MR) is 71.2 cm³/mol. The maximum atomic E-state index is 4.55. The SMILES string of the molecule is CC(CNC(C)C)Cn1cnc2c1CCCC2. The summed E-state index contributed by atoms with van der Waals surface area (Å²) < 4.78 is 2.38. The molecule has 1 aromatic rings. The van der Waals surface area contributed by atoms with Gasteiger partial charge in [0.05, 0.1) is 12.0 Å². The van der Waals surface area contributed by atoms with Crippen LogP contribution in [-0.2, 0) is 19.4 Å². The highest BCUT2D eigenvalue weighted by atomic mass is 15.1. The Morgan fingerprint density at radius 3 is 2.82 bits per heavy atom. The third kappa shape index (κ3) is 3.32. The molecule has 17 heavy (non-hydrogen) atoms. The molecule has 3 heteroatoms. The Kier molecular flexibility index (Phi) is 4.21. The summed E-state index contributed by atoms with van der Waals surface area (Å²) in [4.78, 5) is 4.55. The molecular formula is C14H25N3. The van der Waals surface area contributed by atoms with Gasteiger partial charge in [-0.2, -0.15) is 0 Å². The zero-order chi connectivity index (χ0) is 12.3. The van der Waals surface area contributed by atoms with E-state index in [1.54, 1.807) is 0 Å². The minimum atomic E-state index is 0.578. The highest BCUT2D eigenvalue weighted by Crippen LogP contribution is 2.20. The van der Waals surface area contributed by atoms with Crippen LogP contribution in [0.3, 0.4) is 0 Å². The molecule has 0 amide bonds. The molecule has 1 aromatic heterocycles. The van der Waals surface area contributed by atoms with Gasteiger partial charge in [-0.3, -0.25) is 0 Å². The number of aromatic nitrogens is 2. The van der Waals surface area contributed by atoms with E-state index >= 15 is 0 Å². The average molecular weight is 235 g/mol. The quantitative estimate of drug-likeness (QED) is 0.849. The van der Waals surface area contributed by atoms with Crippen molar-refractivity contribution in [1.82, 2.24) is 14.9 Å². The van der Waals surface area contributed by atoms with E-state index in [0.29, 0.717) is 12.0 Å². The molecule has 0 aromatic carbocycles. The smallest absolute Gasteiger partial charge is 0.0951 e. The van der Waals surface area contributed by atoms with E-state index < -0.39 is 0 Å². The lowest BCUT2D eigenvalue weighted by molar-refractivity contribution is 0.417. The van der Waals surface area contributed by atoms with Crippen LogP contribution >= 0.6 is 0 Å². The molecule has 0 saturated heterocycles. The molecule has 1 unspecified atom stereocenters. The molecule has 1 heterocycles. The fourth-order valence-corrected chi connectivity index (χ4v) is 2.53. The molecule has 1 aliphatic carbocycles. The topological polar surface area (TPSA) is 29.9 Å². The summed E-state index contributed by atoms with van der Waals surface area (Å²) in [7, 11) is 0. The molecule has 1 atom stereocenters. The van der Waals surface area contributed by atoms with E-state index in [1.165, 1.54) is 37.1 Å². The Hall–Kier alpha value is -0.830. The van der Waals surface area contributed by atoms with Crippen molar-refractivity contribution in [3.8, 4) is 0 Å². The van der Waals surface area contributed by atoms with Gasteiger partial charge in [-0.1, -0.05) is 20.8 Å². The lowest BCUT2D eigenvalue weighted by Crippen LogP contribution is -2.29. The van der Waals surface area contributed by atoms with Crippen LogP contribution in [0.5, 0.6) is 0 Å². The number of hydrogen-bond acceptors (Lipinski definition) is 2. The van der Waals surface area contributed by atoms with Crippen LogP contribution in [0.2, 0.25) is 0 Å². The van der Waals surface area contributed by atoms with Crippen molar-refractivity contribution in [2.45, 2.75) is 59.0 Å². The van der Waals surface area contributed by atoms with E-state index in [-0.39, 0.29) is 0 Å². The Morgan fingerprint density at radius 1 is 1.29 bits per heavy atom. The number of fused-ring (bicyclic) bond motifs is 1. The van der Waals surface area contributed by atoms with Gasteiger partial charge in [0.25, 0.3) is 0 Å². The third-order valence-electron chi connectivity index (χ3n) is 3.49. The van der Waals surface area contributed by atoms with E-state index in [4.69, 9.17) is 0 Å². The molecule has 2 rings (SSSR count). The molecule has 1 aliphatic rings. The van der Waals surface area contributed by atoms with Gasteiger partial charge in [0.1, 0.15) is 0 Å². The Bertz CT molecular complexity index is 354. The Morgan fingerprint density at radius 2 is 2.06 bits per heavy atom. The van der Waals surface area contributed by atoms with Crippen molar-refractivity contribution in [3.63, 3.8) is 0 Å². The molecular weight excluding hydrogens is 210 g/mol. The van der Waals surface area contributed by atoms with Crippen LogP contribution < -0.4 is 5.32 Å². The van der Waals surface area contributed by atoms with Crippen molar-refractivity contribution in [2.24, 2.45) is 5.92 Å². The second kappa shape index (κ2) is 5.67. The van der Waals surface area contributed by atoms with Crippen molar-refractivity contribution < 1.29 is 0 Å². The minimum absolute atomic E-state index is 0.578. The summed E-state index contributed by atoms with van der Waals surface area (Å²) in [6.07, 6.45) is 7.09. The number of rotatable bonds is 5. The summed E-state index contributed by atoms with van der Waals surface area (Å²) in [6, 6.07) is 0.578. The molecule has 3 nitrogen and oxygen atoms in total. The van der Waals surface area contributed by atoms with E-state index in [0.717, 1.165) is 13.1 Å². The summed E-state index contributed by atoms with van der Waals surface area (Å²) in [6.45, 7) is 8.90. The highest BCUT2D eigenvalue weighted by Gasteiger charge is 2.16. The third-order valence-corrected chi connectivity index (χ3v) is 3.49. The number of hydrogen-bond donors (Lipinski definition) is 1. The Labute approximate surface area is 105 Å². The van der Waals surface area contributed by atoms with Crippen LogP contribution in [0.4, 0.5) is 0 Å². The van der Waals surface area contributed by atoms with E-state index in [2.05, 4.69) is 35.6 Å². The van der Waals surface area contributed by atoms with Gasteiger partial charge < -0.3 is 9.88 Å². The molecule has 0 fully saturated rings. The fraction of sp³-hybridized carbons (Fsp3) is 0.786. The molecule has 1 N–H and O–H groups in total. The molecule has 0 spiro atoms. The van der Waals surface area contributed by atoms with Gasteiger partial charge in [-0.15, -0.1) is 0 Å². The standard InChI is InChI=1S/C14H25N3/c1-11(2)15-8-12(3)9-17-10-16-13-6-4-5-7-14(13)17/h10-12,15H,4-9H2,1-3H3. The second-order valence-corrected chi connectivity index (χ2v) is 5.67. The van der Waals surface area contributed by atoms with E-state index in [1.807, 2.05) is 6.33 Å². The van der Waals surface area contributed by atoms with E-state index in [9.17, 15) is 0 Å². The van der Waals surface area contributed by atoms with Crippen LogP contribution in [0, 0.1) is 5.92 Å². The van der Waals surface area contributed by atoms with Crippen LogP contribution in [0.15, 0.2) is 6.33 Å². The number of nitrogens with zero attached hydrogens (tertiary/aromatic N) is 2. The molecule has 0 bridgehead atoms. The molecule has 96 valence electrons. The van der Waals surface area contributed by atoms with Crippen LogP contribution in [-0.4, -0.2) is 22.1 Å². The Balaban J connectivity index is 1.92. The first-order valence-corrected chi connectivity index (χ1v) is 6.93. The van der Waals surface area contributed by atoms with Crippen molar-refractivity contribution in [2.75, 3.05) is 6.54 Å². The maximum Gasteiger partial charge on any atom is 0.0951 e. The molecule has 0 saturated carbocycles. The summed E-state index contributed by atoms with van der Waals surface area (Å²) in [5, 5.41) is 3.50. The first-order chi connectivity index (χ1) is 8.16. The predicted octanol–water partition coefficient (Wildman–Crippen LogP) is 2.40. The summed E-state index contributed by atoms with van der Waals surface area (Å²) in [5.41, 5.74) is 2.84. The lowest BCUT2D eigenvalue weighted by Gasteiger charge is -2.18. The maximum absolute atomic E-state index is 4.55. The summed E-state index contributed by atoms with van der Waals surface area (Å²) >= 11 is 0. The number of imidazole rings is 1. The minimum Gasteiger partial charge on any atom is -0.334 e. The van der Waals surface area contributed by atoms with Gasteiger partial charge in [-0.05, 0) is 38.1 Å². The van der Waals surface area contributed by atoms with Crippen molar-refractivity contribution in [3.05, 3.63) is 17.7 Å². The largest absolute Gasteiger partial charge is 0.334 e. The normalized spacial score (nSPS) is 17.2. The number of nitrogens with one attached hydrogen (secondary N) is 1. The fourth-order valence-electron chi connectivity index (χ4n) is 2.53. The lowest BCUT2D eigenvalue weighted by atomic mass is 10.0. The first-order valence-electron chi connectivity index (χ1n) is 6.93. The van der Waals surface area contributed by atoms with Crippen molar-refractivity contribution in [1.29, 1.82) is 0 Å². The van der Waals surface area contributed by atoms with Crippen LogP contribution in [0.1, 0.15) is 45.0 Å². The highest BCUT2D eigenvalue weighted by molar-refractivity contribution is 5.16. The molecule has 0 aliphatic heterocycles. The van der Waals surface area contributed by atoms with Gasteiger partial charge >= 0.3 is 0 Å². The first kappa shape index (κ1) is 12.6. The van der Waals surface area contributed by atoms with Gasteiger partial charge in [0, 0.05) is 18.3 Å². The van der Waals surface area contributed by atoms with Gasteiger partial charge in [-0.25, -0.2) is 4.98 Å². The zero-order valence-electron chi connectivity index (χ0n) is 11.4. The molecule has 0 radical (unpaired) electrons.